The number of nitrogens with two attached hydrogens (primary N) is 1. The standard InChI is InChI=1S/C16H23NO5/c1-16(2)20-9-11-14(22-16)13(18)12(17)15(21-11)19-8-10-6-4-3-5-7-10/h3-7,11-15,18H,8-9,17H2,1-2H3/t11-,12-,13-,14-,15+/m1/s1. The number of hydrogen-bond donors (Lipinski definition) is 2. The Bertz CT molecular complexity index is 493. The largest absolute Gasteiger partial charge is 0.388 e. The zero-order chi connectivity index (χ0) is 15.7. The molecule has 0 unspecified atom stereocenters. The number of aliphatic hydroxyl groups excluding tert-OH is 1. The third-order valence-electron chi connectivity index (χ3n) is 3.99. The summed E-state index contributed by atoms with van der Waals surface area (Å²) in [7, 11) is 0. The van der Waals surface area contributed by atoms with Gasteiger partial charge in [-0.15, -0.1) is 0 Å². The lowest BCUT2D eigenvalue weighted by atomic mass is 9.96. The molecule has 2 aliphatic heterocycles. The highest BCUT2D eigenvalue weighted by atomic mass is 16.8. The van der Waals surface area contributed by atoms with Gasteiger partial charge in [-0.25, -0.2) is 0 Å². The van der Waals surface area contributed by atoms with E-state index in [2.05, 4.69) is 0 Å². The Hall–Kier alpha value is -1.02. The van der Waals surface area contributed by atoms with Crippen LogP contribution in [0.25, 0.3) is 0 Å². The highest BCUT2D eigenvalue weighted by molar-refractivity contribution is 5.13. The van der Waals surface area contributed by atoms with Gasteiger partial charge in [0.15, 0.2) is 12.1 Å². The van der Waals surface area contributed by atoms with Crippen molar-refractivity contribution < 1.29 is 24.1 Å². The maximum atomic E-state index is 10.4. The van der Waals surface area contributed by atoms with Gasteiger partial charge in [-0.3, -0.25) is 0 Å². The average Bonchev–Trinajstić information content (AvgIpc) is 2.51. The molecule has 1 aromatic rings. The van der Waals surface area contributed by atoms with Gasteiger partial charge in [0.05, 0.1) is 19.3 Å². The first-order chi connectivity index (χ1) is 10.5. The summed E-state index contributed by atoms with van der Waals surface area (Å²) in [5, 5.41) is 10.4. The molecule has 0 aliphatic carbocycles. The van der Waals surface area contributed by atoms with Crippen LogP contribution in [-0.4, -0.2) is 48.1 Å². The predicted molar refractivity (Wildman–Crippen MR) is 78.8 cm³/mol. The number of aliphatic hydroxyl groups is 1. The lowest BCUT2D eigenvalue weighted by Gasteiger charge is -2.49. The molecule has 2 fully saturated rings. The molecular formula is C16H23NO5. The second-order valence-corrected chi connectivity index (χ2v) is 6.20. The average molecular weight is 309 g/mol. The molecule has 0 bridgehead atoms. The van der Waals surface area contributed by atoms with Crippen LogP contribution in [0.5, 0.6) is 0 Å². The van der Waals surface area contributed by atoms with Crippen LogP contribution in [0.3, 0.4) is 0 Å². The Morgan fingerprint density at radius 2 is 2.05 bits per heavy atom. The van der Waals surface area contributed by atoms with E-state index in [9.17, 15) is 5.11 Å². The van der Waals surface area contributed by atoms with Crippen molar-refractivity contribution in [2.24, 2.45) is 5.73 Å². The molecule has 2 heterocycles. The molecule has 5 atom stereocenters. The van der Waals surface area contributed by atoms with Crippen LogP contribution in [0, 0.1) is 0 Å². The van der Waals surface area contributed by atoms with Gasteiger partial charge in [0.25, 0.3) is 0 Å². The van der Waals surface area contributed by atoms with E-state index in [1.54, 1.807) is 13.8 Å². The first-order valence-electron chi connectivity index (χ1n) is 7.53. The van der Waals surface area contributed by atoms with E-state index in [1.807, 2.05) is 30.3 Å². The monoisotopic (exact) mass is 309 g/mol. The Kier molecular flexibility index (Phi) is 4.49. The number of fused-ring (bicyclic) bond motifs is 1. The fourth-order valence-electron chi connectivity index (χ4n) is 2.77. The second kappa shape index (κ2) is 6.23. The molecule has 3 rings (SSSR count). The smallest absolute Gasteiger partial charge is 0.176 e. The van der Waals surface area contributed by atoms with Gasteiger partial charge in [0.1, 0.15) is 18.3 Å². The van der Waals surface area contributed by atoms with Crippen LogP contribution < -0.4 is 5.73 Å². The number of benzene rings is 1. The van der Waals surface area contributed by atoms with E-state index < -0.39 is 30.3 Å². The van der Waals surface area contributed by atoms with Gasteiger partial charge in [-0.2, -0.15) is 0 Å². The van der Waals surface area contributed by atoms with Crippen molar-refractivity contribution in [2.45, 2.75) is 56.9 Å². The summed E-state index contributed by atoms with van der Waals surface area (Å²) in [5.74, 6) is -0.747. The third-order valence-corrected chi connectivity index (χ3v) is 3.99. The van der Waals surface area contributed by atoms with E-state index in [0.29, 0.717) is 13.2 Å². The van der Waals surface area contributed by atoms with Crippen molar-refractivity contribution in [1.29, 1.82) is 0 Å². The minimum absolute atomic E-state index is 0.340. The molecule has 1 aromatic carbocycles. The van der Waals surface area contributed by atoms with Crippen molar-refractivity contribution in [1.82, 2.24) is 0 Å². The van der Waals surface area contributed by atoms with Gasteiger partial charge in [-0.05, 0) is 19.4 Å². The Labute approximate surface area is 130 Å². The number of ether oxygens (including phenoxy) is 4. The van der Waals surface area contributed by atoms with Crippen molar-refractivity contribution in [3.05, 3.63) is 35.9 Å². The molecule has 0 spiro atoms. The van der Waals surface area contributed by atoms with E-state index in [1.165, 1.54) is 0 Å². The van der Waals surface area contributed by atoms with Gasteiger partial charge in [-0.1, -0.05) is 30.3 Å². The lowest BCUT2D eigenvalue weighted by molar-refractivity contribution is -0.368. The zero-order valence-electron chi connectivity index (χ0n) is 12.8. The SMILES string of the molecule is CC1(C)OC[C@H]2O[C@H](OCc3ccccc3)[C@H](N)[C@@H](O)[C@@H]2O1. The Morgan fingerprint density at radius 3 is 2.77 bits per heavy atom. The van der Waals surface area contributed by atoms with Gasteiger partial charge in [0, 0.05) is 0 Å². The molecule has 3 N–H and O–H groups in total. The van der Waals surface area contributed by atoms with Crippen molar-refractivity contribution in [3.8, 4) is 0 Å². The molecule has 2 aliphatic rings. The van der Waals surface area contributed by atoms with Crippen molar-refractivity contribution >= 4 is 0 Å². The van der Waals surface area contributed by atoms with E-state index >= 15 is 0 Å². The van der Waals surface area contributed by atoms with Gasteiger partial charge < -0.3 is 29.8 Å². The van der Waals surface area contributed by atoms with Crippen LogP contribution in [0.15, 0.2) is 30.3 Å². The van der Waals surface area contributed by atoms with E-state index in [0.717, 1.165) is 5.56 Å². The molecule has 122 valence electrons. The quantitative estimate of drug-likeness (QED) is 0.858. The molecule has 6 nitrogen and oxygen atoms in total. The summed E-state index contributed by atoms with van der Waals surface area (Å²) in [4.78, 5) is 0. The molecule has 0 radical (unpaired) electrons. The normalized spacial score (nSPS) is 37.5. The molecule has 2 saturated heterocycles. The predicted octanol–water partition coefficient (Wildman–Crippen LogP) is 0.768. The Morgan fingerprint density at radius 1 is 1.32 bits per heavy atom. The molecule has 0 amide bonds. The molecule has 0 aromatic heterocycles. The minimum atomic E-state index is -0.859. The topological polar surface area (TPSA) is 83.2 Å². The summed E-state index contributed by atoms with van der Waals surface area (Å²) < 4.78 is 22.9. The zero-order valence-corrected chi connectivity index (χ0v) is 12.8. The summed E-state index contributed by atoms with van der Waals surface area (Å²) in [6, 6.07) is 9.08. The number of hydrogen-bond acceptors (Lipinski definition) is 6. The molecule has 0 saturated carbocycles. The van der Waals surface area contributed by atoms with Crippen LogP contribution in [0.4, 0.5) is 0 Å². The lowest BCUT2D eigenvalue weighted by Crippen LogP contribution is -2.67. The first kappa shape index (κ1) is 15.9. The minimum Gasteiger partial charge on any atom is -0.388 e. The maximum absolute atomic E-state index is 10.4. The summed E-state index contributed by atoms with van der Waals surface area (Å²) in [6.45, 7) is 4.32. The van der Waals surface area contributed by atoms with Crippen LogP contribution in [0.2, 0.25) is 0 Å². The fourth-order valence-corrected chi connectivity index (χ4v) is 2.77. The van der Waals surface area contributed by atoms with Crippen molar-refractivity contribution in [2.75, 3.05) is 6.61 Å². The summed E-state index contributed by atoms with van der Waals surface area (Å²) >= 11 is 0. The van der Waals surface area contributed by atoms with Gasteiger partial charge in [0.2, 0.25) is 0 Å². The van der Waals surface area contributed by atoms with Crippen molar-refractivity contribution in [3.63, 3.8) is 0 Å². The highest BCUT2D eigenvalue weighted by Gasteiger charge is 2.49. The number of rotatable bonds is 3. The third kappa shape index (κ3) is 3.32. The van der Waals surface area contributed by atoms with Gasteiger partial charge >= 0.3 is 0 Å². The van der Waals surface area contributed by atoms with Crippen LogP contribution >= 0.6 is 0 Å². The molecular weight excluding hydrogens is 286 g/mol. The van der Waals surface area contributed by atoms with Crippen LogP contribution in [-0.2, 0) is 25.6 Å². The highest BCUT2D eigenvalue weighted by Crippen LogP contribution is 2.32. The molecule has 6 heteroatoms. The fraction of sp³-hybridized carbons (Fsp3) is 0.625. The van der Waals surface area contributed by atoms with E-state index in [-0.39, 0.29) is 6.10 Å². The summed E-state index contributed by atoms with van der Waals surface area (Å²) in [6.07, 6.45) is -2.44. The second-order valence-electron chi connectivity index (χ2n) is 6.20. The molecule has 22 heavy (non-hydrogen) atoms. The first-order valence-corrected chi connectivity index (χ1v) is 7.53. The van der Waals surface area contributed by atoms with E-state index in [4.69, 9.17) is 24.7 Å². The summed E-state index contributed by atoms with van der Waals surface area (Å²) in [5.41, 5.74) is 7.08. The Balaban J connectivity index is 1.63. The van der Waals surface area contributed by atoms with Crippen LogP contribution in [0.1, 0.15) is 19.4 Å². The maximum Gasteiger partial charge on any atom is 0.176 e.